The summed E-state index contributed by atoms with van der Waals surface area (Å²) in [5.74, 6) is 2.48. The number of aryl methyl sites for hydroxylation is 1. The van der Waals surface area contributed by atoms with Crippen molar-refractivity contribution in [1.82, 2.24) is 14.9 Å². The zero-order chi connectivity index (χ0) is 21.0. The Morgan fingerprint density at radius 2 is 1.83 bits per heavy atom. The second-order valence-electron chi connectivity index (χ2n) is 8.60. The molecule has 0 radical (unpaired) electrons. The fraction of sp³-hybridized carbons (Fsp3) is 0.583. The Kier molecular flexibility index (Phi) is 6.78. The molecule has 1 N–H and O–H groups in total. The predicted molar refractivity (Wildman–Crippen MR) is 120 cm³/mol. The third-order valence-corrected chi connectivity index (χ3v) is 5.89. The Bertz CT molecular complexity index is 802. The number of rotatable bonds is 9. The third-order valence-electron chi connectivity index (χ3n) is 5.89. The van der Waals surface area contributed by atoms with Crippen LogP contribution in [0.25, 0.3) is 0 Å². The van der Waals surface area contributed by atoms with E-state index in [1.54, 1.807) is 0 Å². The van der Waals surface area contributed by atoms with Gasteiger partial charge in [0, 0.05) is 6.04 Å². The number of ether oxygens (including phenoxy) is 1. The average molecular weight is 397 g/mol. The highest BCUT2D eigenvalue weighted by atomic mass is 16.5. The quantitative estimate of drug-likeness (QED) is 0.646. The molecule has 0 saturated heterocycles. The van der Waals surface area contributed by atoms with Crippen LogP contribution in [-0.2, 0) is 0 Å². The summed E-state index contributed by atoms with van der Waals surface area (Å²) >= 11 is 0. The monoisotopic (exact) mass is 396 g/mol. The fourth-order valence-electron chi connectivity index (χ4n) is 4.34. The summed E-state index contributed by atoms with van der Waals surface area (Å²) in [4.78, 5) is 11.9. The van der Waals surface area contributed by atoms with Crippen molar-refractivity contribution in [3.05, 3.63) is 47.3 Å². The Morgan fingerprint density at radius 1 is 1.14 bits per heavy atom. The summed E-state index contributed by atoms with van der Waals surface area (Å²) in [5.41, 5.74) is 1.96. The number of hydrogen-bond acceptors (Lipinski definition) is 5. The van der Waals surface area contributed by atoms with Gasteiger partial charge in [-0.3, -0.25) is 0 Å². The molecule has 0 amide bonds. The van der Waals surface area contributed by atoms with Crippen LogP contribution in [0.5, 0.6) is 5.88 Å². The van der Waals surface area contributed by atoms with Crippen LogP contribution in [0.4, 0.5) is 5.82 Å². The largest absolute Gasteiger partial charge is 0.470 e. The Balaban J connectivity index is 1.83. The summed E-state index contributed by atoms with van der Waals surface area (Å²) in [6.07, 6.45) is 2.28. The van der Waals surface area contributed by atoms with Gasteiger partial charge in [-0.2, -0.15) is 4.98 Å². The lowest BCUT2D eigenvalue weighted by Gasteiger charge is -2.27. The molecule has 158 valence electrons. The maximum atomic E-state index is 6.31. The van der Waals surface area contributed by atoms with Gasteiger partial charge < -0.3 is 15.0 Å². The van der Waals surface area contributed by atoms with Crippen molar-refractivity contribution in [2.45, 2.75) is 71.9 Å². The molecule has 3 rings (SSSR count). The Labute approximate surface area is 175 Å². The fourth-order valence-corrected chi connectivity index (χ4v) is 4.34. The van der Waals surface area contributed by atoms with E-state index in [1.807, 2.05) is 6.92 Å². The van der Waals surface area contributed by atoms with E-state index in [0.29, 0.717) is 11.9 Å². The summed E-state index contributed by atoms with van der Waals surface area (Å²) in [6, 6.07) is 10.9. The minimum absolute atomic E-state index is 0.102. The first-order valence-corrected chi connectivity index (χ1v) is 11.0. The van der Waals surface area contributed by atoms with E-state index in [4.69, 9.17) is 9.72 Å². The van der Waals surface area contributed by atoms with Crippen molar-refractivity contribution in [3.8, 4) is 5.88 Å². The van der Waals surface area contributed by atoms with E-state index in [2.05, 4.69) is 80.2 Å². The lowest BCUT2D eigenvalue weighted by atomic mass is 9.81. The van der Waals surface area contributed by atoms with Crippen molar-refractivity contribution in [2.75, 3.05) is 25.0 Å². The number of aromatic nitrogens is 2. The molecular formula is C24H36N4O. The molecule has 0 bridgehead atoms. The highest BCUT2D eigenvalue weighted by molar-refractivity contribution is 5.59. The molecule has 2 aromatic rings. The van der Waals surface area contributed by atoms with Crippen molar-refractivity contribution in [2.24, 2.45) is 0 Å². The molecular weight excluding hydrogens is 360 g/mol. The third kappa shape index (κ3) is 4.89. The van der Waals surface area contributed by atoms with Crippen LogP contribution in [-0.4, -0.2) is 46.1 Å². The SMILES string of the molecule is CCN(CC)CCC[C@@H](C)Nc1nc(C)nc2c1[C@H](c1ccccc1)C(C)(C)O2. The van der Waals surface area contributed by atoms with E-state index in [-0.39, 0.29) is 11.5 Å². The zero-order valence-electron chi connectivity index (χ0n) is 18.8. The van der Waals surface area contributed by atoms with Gasteiger partial charge in [-0.25, -0.2) is 4.98 Å². The highest BCUT2D eigenvalue weighted by Gasteiger charge is 2.45. The second-order valence-corrected chi connectivity index (χ2v) is 8.60. The van der Waals surface area contributed by atoms with Gasteiger partial charge in [-0.1, -0.05) is 44.2 Å². The van der Waals surface area contributed by atoms with Gasteiger partial charge in [0.2, 0.25) is 5.88 Å². The van der Waals surface area contributed by atoms with Crippen LogP contribution in [0, 0.1) is 6.92 Å². The molecule has 0 saturated carbocycles. The maximum absolute atomic E-state index is 6.31. The van der Waals surface area contributed by atoms with E-state index in [9.17, 15) is 0 Å². The molecule has 2 atom stereocenters. The minimum atomic E-state index is -0.366. The molecule has 0 spiro atoms. The van der Waals surface area contributed by atoms with Crippen molar-refractivity contribution < 1.29 is 4.74 Å². The van der Waals surface area contributed by atoms with Crippen molar-refractivity contribution in [1.29, 1.82) is 0 Å². The highest BCUT2D eigenvalue weighted by Crippen LogP contribution is 2.49. The van der Waals surface area contributed by atoms with E-state index >= 15 is 0 Å². The van der Waals surface area contributed by atoms with Gasteiger partial charge in [-0.05, 0) is 65.7 Å². The maximum Gasteiger partial charge on any atom is 0.223 e. The van der Waals surface area contributed by atoms with Crippen LogP contribution in [0.1, 0.15) is 70.3 Å². The molecule has 2 heterocycles. The Morgan fingerprint density at radius 3 is 2.48 bits per heavy atom. The molecule has 0 fully saturated rings. The summed E-state index contributed by atoms with van der Waals surface area (Å²) < 4.78 is 6.31. The second kappa shape index (κ2) is 9.12. The first-order valence-electron chi connectivity index (χ1n) is 11.0. The molecule has 0 aliphatic carbocycles. The topological polar surface area (TPSA) is 50.3 Å². The molecule has 29 heavy (non-hydrogen) atoms. The number of benzene rings is 1. The summed E-state index contributed by atoms with van der Waals surface area (Å²) in [5, 5.41) is 3.68. The molecule has 1 aromatic carbocycles. The van der Waals surface area contributed by atoms with Crippen LogP contribution in [0.2, 0.25) is 0 Å². The van der Waals surface area contributed by atoms with Crippen LogP contribution in [0.3, 0.4) is 0 Å². The van der Waals surface area contributed by atoms with Gasteiger partial charge in [0.05, 0.1) is 11.5 Å². The van der Waals surface area contributed by atoms with Gasteiger partial charge in [0.1, 0.15) is 17.2 Å². The van der Waals surface area contributed by atoms with Crippen LogP contribution >= 0.6 is 0 Å². The molecule has 5 heteroatoms. The number of hydrogen-bond donors (Lipinski definition) is 1. The molecule has 5 nitrogen and oxygen atoms in total. The number of nitrogens with one attached hydrogen (secondary N) is 1. The first kappa shape index (κ1) is 21.6. The van der Waals surface area contributed by atoms with Crippen molar-refractivity contribution in [3.63, 3.8) is 0 Å². The first-order chi connectivity index (χ1) is 13.9. The van der Waals surface area contributed by atoms with E-state index in [0.717, 1.165) is 43.3 Å². The van der Waals surface area contributed by atoms with Crippen LogP contribution < -0.4 is 10.1 Å². The van der Waals surface area contributed by atoms with Crippen molar-refractivity contribution >= 4 is 5.82 Å². The molecule has 1 aliphatic heterocycles. The smallest absolute Gasteiger partial charge is 0.223 e. The van der Waals surface area contributed by atoms with Crippen LogP contribution in [0.15, 0.2) is 30.3 Å². The normalized spacial score (nSPS) is 18.4. The average Bonchev–Trinajstić information content (AvgIpc) is 2.95. The number of anilines is 1. The standard InChI is InChI=1S/C24H36N4O/c1-7-28(8-2)16-12-13-17(3)25-22-20-21(19-14-10-9-11-15-19)24(5,6)29-23(20)27-18(4)26-22/h9-11,14-15,17,21H,7-8,12-13,16H2,1-6H3,(H,25,26,27)/t17-,21+/m1/s1. The summed E-state index contributed by atoms with van der Waals surface area (Å²) in [7, 11) is 0. The lowest BCUT2D eigenvalue weighted by molar-refractivity contribution is 0.117. The number of nitrogens with zero attached hydrogens (tertiary/aromatic N) is 3. The Hall–Kier alpha value is -2.14. The van der Waals surface area contributed by atoms with Gasteiger partial charge in [0.15, 0.2) is 0 Å². The van der Waals surface area contributed by atoms with E-state index < -0.39 is 0 Å². The molecule has 1 aliphatic rings. The number of fused-ring (bicyclic) bond motifs is 1. The minimum Gasteiger partial charge on any atom is -0.470 e. The van der Waals surface area contributed by atoms with Gasteiger partial charge >= 0.3 is 0 Å². The summed E-state index contributed by atoms with van der Waals surface area (Å²) in [6.45, 7) is 16.3. The molecule has 1 aromatic heterocycles. The predicted octanol–water partition coefficient (Wildman–Crippen LogP) is 5.01. The lowest BCUT2D eigenvalue weighted by Crippen LogP contribution is -2.31. The molecule has 0 unspecified atom stereocenters. The van der Waals surface area contributed by atoms with Gasteiger partial charge in [-0.15, -0.1) is 0 Å². The zero-order valence-corrected chi connectivity index (χ0v) is 18.8. The van der Waals surface area contributed by atoms with E-state index in [1.165, 1.54) is 12.0 Å². The van der Waals surface area contributed by atoms with Gasteiger partial charge in [0.25, 0.3) is 0 Å².